The molecule has 1 atom stereocenters. The normalized spacial score (nSPS) is 18.8. The van der Waals surface area contributed by atoms with Gasteiger partial charge in [0.15, 0.2) is 12.4 Å². The van der Waals surface area contributed by atoms with Gasteiger partial charge in [-0.3, -0.25) is 4.79 Å². The highest BCUT2D eigenvalue weighted by Crippen LogP contribution is 2.20. The second-order valence-corrected chi connectivity index (χ2v) is 3.97. The van der Waals surface area contributed by atoms with Crippen molar-refractivity contribution in [1.29, 1.82) is 0 Å². The molecule has 1 heterocycles. The van der Waals surface area contributed by atoms with E-state index in [1.54, 1.807) is 6.26 Å². The topological polar surface area (TPSA) is 29.5 Å². The number of benzene rings is 1. The highest BCUT2D eigenvalue weighted by molar-refractivity contribution is 5.57. The molecule has 1 aliphatic rings. The first kappa shape index (κ1) is 10.7. The molecule has 3 heteroatoms. The lowest BCUT2D eigenvalue weighted by Crippen LogP contribution is -2.18. The van der Waals surface area contributed by atoms with E-state index in [9.17, 15) is 4.79 Å². The van der Waals surface area contributed by atoms with Gasteiger partial charge in [0.25, 0.3) is 0 Å². The minimum absolute atomic E-state index is 0.298. The Morgan fingerprint density at radius 2 is 2.19 bits per heavy atom. The van der Waals surface area contributed by atoms with Crippen LogP contribution in [0.4, 0.5) is 0 Å². The lowest BCUT2D eigenvalue weighted by atomic mass is 10.2. The van der Waals surface area contributed by atoms with Gasteiger partial charge in [-0.15, -0.1) is 0 Å². The average molecular weight is 217 g/mol. The number of nitrogens with zero attached hydrogens (tertiary/aromatic N) is 1. The molecule has 16 heavy (non-hydrogen) atoms. The van der Waals surface area contributed by atoms with Crippen LogP contribution in [0.2, 0.25) is 0 Å². The Morgan fingerprint density at radius 3 is 2.81 bits per heavy atom. The smallest absolute Gasteiger partial charge is 0.160 e. The molecule has 0 amide bonds. The summed E-state index contributed by atoms with van der Waals surface area (Å²) < 4.78 is 5.20. The Labute approximate surface area is 95.3 Å². The quantitative estimate of drug-likeness (QED) is 0.722. The predicted molar refractivity (Wildman–Crippen MR) is 61.5 cm³/mol. The monoisotopic (exact) mass is 217 g/mol. The Bertz CT molecular complexity index is 386. The van der Waals surface area contributed by atoms with E-state index in [0.717, 1.165) is 18.5 Å². The van der Waals surface area contributed by atoms with Gasteiger partial charge < -0.3 is 9.64 Å². The largest absolute Gasteiger partial charge is 0.488 e. The van der Waals surface area contributed by atoms with Gasteiger partial charge in [0.1, 0.15) is 6.26 Å². The van der Waals surface area contributed by atoms with Crippen LogP contribution in [0.25, 0.3) is 0 Å². The summed E-state index contributed by atoms with van der Waals surface area (Å²) in [6, 6.07) is 10.2. The maximum Gasteiger partial charge on any atom is 0.160 e. The molecule has 0 aliphatic carbocycles. The Balaban J connectivity index is 1.94. The van der Waals surface area contributed by atoms with Gasteiger partial charge in [0, 0.05) is 20.0 Å². The maximum absolute atomic E-state index is 10.6. The van der Waals surface area contributed by atoms with Crippen molar-refractivity contribution < 1.29 is 9.53 Å². The Hall–Kier alpha value is -1.77. The van der Waals surface area contributed by atoms with Crippen LogP contribution in [0.15, 0.2) is 42.3 Å². The molecule has 0 aromatic heterocycles. The van der Waals surface area contributed by atoms with Crippen molar-refractivity contribution >= 4 is 6.29 Å². The van der Waals surface area contributed by atoms with Gasteiger partial charge in [-0.2, -0.15) is 0 Å². The fourth-order valence-electron chi connectivity index (χ4n) is 1.75. The van der Waals surface area contributed by atoms with E-state index in [4.69, 9.17) is 4.74 Å². The molecule has 2 rings (SSSR count). The highest BCUT2D eigenvalue weighted by Gasteiger charge is 2.20. The molecule has 84 valence electrons. The van der Waals surface area contributed by atoms with Crippen molar-refractivity contribution in [1.82, 2.24) is 4.90 Å². The number of ether oxygens (including phenoxy) is 1. The first-order chi connectivity index (χ1) is 7.79. The second kappa shape index (κ2) is 4.84. The van der Waals surface area contributed by atoms with Crippen LogP contribution in [0, 0.1) is 0 Å². The Kier molecular flexibility index (Phi) is 3.25. The first-order valence-electron chi connectivity index (χ1n) is 5.34. The number of hydrogen-bond donors (Lipinski definition) is 0. The minimum Gasteiger partial charge on any atom is -0.488 e. The summed E-state index contributed by atoms with van der Waals surface area (Å²) in [6.07, 6.45) is 2.91. The van der Waals surface area contributed by atoms with E-state index in [2.05, 4.69) is 17.0 Å². The van der Waals surface area contributed by atoms with Crippen LogP contribution < -0.4 is 0 Å². The zero-order chi connectivity index (χ0) is 11.4. The summed E-state index contributed by atoms with van der Waals surface area (Å²) in [5.74, 6) is 0. The van der Waals surface area contributed by atoms with Crippen LogP contribution in [-0.2, 0) is 16.1 Å². The molecule has 0 radical (unpaired) electrons. The first-order valence-corrected chi connectivity index (χ1v) is 5.34. The fraction of sp³-hybridized carbons (Fsp3) is 0.308. The molecule has 0 N–H and O–H groups in total. The molecule has 0 bridgehead atoms. The molecule has 0 spiro atoms. The Morgan fingerprint density at radius 1 is 1.44 bits per heavy atom. The van der Waals surface area contributed by atoms with Crippen LogP contribution in [0.3, 0.4) is 0 Å². The second-order valence-electron chi connectivity index (χ2n) is 3.97. The summed E-state index contributed by atoms with van der Waals surface area (Å²) in [4.78, 5) is 12.7. The predicted octanol–water partition coefficient (Wildman–Crippen LogP) is 1.95. The molecule has 1 aromatic rings. The summed E-state index contributed by atoms with van der Waals surface area (Å²) in [5.41, 5.74) is 2.32. The zero-order valence-corrected chi connectivity index (χ0v) is 9.30. The highest BCUT2D eigenvalue weighted by atomic mass is 16.5. The van der Waals surface area contributed by atoms with Gasteiger partial charge >= 0.3 is 0 Å². The molecule has 1 aliphatic heterocycles. The number of rotatable bonds is 4. The third-order valence-corrected chi connectivity index (χ3v) is 2.69. The van der Waals surface area contributed by atoms with Crippen LogP contribution >= 0.6 is 0 Å². The average Bonchev–Trinajstić information content (AvgIpc) is 2.79. The van der Waals surface area contributed by atoms with E-state index in [1.807, 2.05) is 25.2 Å². The van der Waals surface area contributed by atoms with E-state index in [-0.39, 0.29) is 6.10 Å². The molecule has 0 fully saturated rings. The molecule has 1 aromatic carbocycles. The van der Waals surface area contributed by atoms with Crippen molar-refractivity contribution in [3.05, 3.63) is 47.9 Å². The van der Waals surface area contributed by atoms with Crippen molar-refractivity contribution in [2.45, 2.75) is 19.1 Å². The van der Waals surface area contributed by atoms with Crippen molar-refractivity contribution in [3.8, 4) is 0 Å². The summed E-state index contributed by atoms with van der Waals surface area (Å²) >= 11 is 0. The summed E-state index contributed by atoms with van der Waals surface area (Å²) in [5, 5.41) is 0. The number of hydrogen-bond acceptors (Lipinski definition) is 3. The van der Waals surface area contributed by atoms with Crippen LogP contribution in [0.5, 0.6) is 0 Å². The lowest BCUT2D eigenvalue weighted by Gasteiger charge is -2.19. The number of aldehydes is 1. The van der Waals surface area contributed by atoms with E-state index < -0.39 is 0 Å². The van der Waals surface area contributed by atoms with E-state index in [1.165, 1.54) is 5.56 Å². The molecule has 0 saturated carbocycles. The van der Waals surface area contributed by atoms with Gasteiger partial charge in [0.05, 0.1) is 5.70 Å². The molecule has 3 nitrogen and oxygen atoms in total. The van der Waals surface area contributed by atoms with Gasteiger partial charge in [-0.05, 0) is 5.56 Å². The third-order valence-electron chi connectivity index (χ3n) is 2.69. The summed E-state index contributed by atoms with van der Waals surface area (Å²) in [6.45, 7) is 0.835. The van der Waals surface area contributed by atoms with Crippen LogP contribution in [-0.4, -0.2) is 24.3 Å². The number of carbonyl (C=O) groups is 1. The van der Waals surface area contributed by atoms with E-state index in [0.29, 0.717) is 6.42 Å². The van der Waals surface area contributed by atoms with Crippen molar-refractivity contribution in [2.24, 2.45) is 0 Å². The molecule has 1 unspecified atom stereocenters. The van der Waals surface area contributed by atoms with Gasteiger partial charge in [-0.25, -0.2) is 0 Å². The van der Waals surface area contributed by atoms with Crippen molar-refractivity contribution in [2.75, 3.05) is 7.05 Å². The minimum atomic E-state index is -0.298. The summed E-state index contributed by atoms with van der Waals surface area (Å²) in [7, 11) is 2.01. The van der Waals surface area contributed by atoms with Crippen molar-refractivity contribution in [3.63, 3.8) is 0 Å². The molecule has 0 saturated heterocycles. The van der Waals surface area contributed by atoms with Gasteiger partial charge in [-0.1, -0.05) is 30.3 Å². The molecular weight excluding hydrogens is 202 g/mol. The van der Waals surface area contributed by atoms with Gasteiger partial charge in [0.2, 0.25) is 0 Å². The lowest BCUT2D eigenvalue weighted by molar-refractivity contribution is -0.114. The maximum atomic E-state index is 10.6. The zero-order valence-electron chi connectivity index (χ0n) is 9.30. The third kappa shape index (κ3) is 2.42. The SMILES string of the molecule is CN(Cc1ccccc1)C1=COC(C=O)C1. The number of carbonyl (C=O) groups excluding carboxylic acids is 1. The standard InChI is InChI=1S/C13H15NO2/c1-14(8-11-5-3-2-4-6-11)12-7-13(9-15)16-10-12/h2-6,9-10,13H,7-8H2,1H3. The fourth-order valence-corrected chi connectivity index (χ4v) is 1.75. The van der Waals surface area contributed by atoms with Crippen LogP contribution in [0.1, 0.15) is 12.0 Å². The van der Waals surface area contributed by atoms with E-state index >= 15 is 0 Å². The molecular formula is C13H15NO2.